The Kier molecular flexibility index (Phi) is 16.8. The second kappa shape index (κ2) is 23.7. The first-order valence-corrected chi connectivity index (χ1v) is 25.7. The minimum atomic E-state index is -0.905. The van der Waals surface area contributed by atoms with E-state index in [-0.39, 0.29) is 36.6 Å². The number of β-amino-alcohol motifs (C(OH)–C–C–N with tert-alkyl or cyclic N) is 1. The second-order valence-corrected chi connectivity index (χ2v) is 20.5. The van der Waals surface area contributed by atoms with Crippen molar-refractivity contribution < 1.29 is 33.9 Å². The maximum atomic E-state index is 13.6. The van der Waals surface area contributed by atoms with Crippen LogP contribution in [0.1, 0.15) is 103 Å². The van der Waals surface area contributed by atoms with Crippen molar-refractivity contribution in [1.29, 1.82) is 0 Å². The number of aromatic amines is 1. The normalized spacial score (nSPS) is 15.1. The Morgan fingerprint density at radius 1 is 0.787 bits per heavy atom. The zero-order valence-corrected chi connectivity index (χ0v) is 43.2. The van der Waals surface area contributed by atoms with Crippen LogP contribution in [0.25, 0.3) is 32.6 Å². The number of carbonyl (C=O) groups is 6. The number of likely N-dealkylation sites (tertiary alicyclic amines) is 1. The summed E-state index contributed by atoms with van der Waals surface area (Å²) >= 11 is 1.34. The highest BCUT2D eigenvalue weighted by Crippen LogP contribution is 2.32. The first kappa shape index (κ1) is 53.0. The van der Waals surface area contributed by atoms with Crippen molar-refractivity contribution in [3.05, 3.63) is 144 Å². The fraction of sp³-hybridized carbons (Fsp3) is 0.304. The summed E-state index contributed by atoms with van der Waals surface area (Å²) in [6.07, 6.45) is 4.78. The van der Waals surface area contributed by atoms with Gasteiger partial charge in [-0.05, 0) is 91.3 Å². The molecule has 1 aliphatic heterocycles. The fourth-order valence-electron chi connectivity index (χ4n) is 8.92. The lowest BCUT2D eigenvalue weighted by atomic mass is 9.85. The number of anilines is 3. The number of unbranched alkanes of at least 4 members (excludes halogenated alkanes) is 2. The number of aromatic nitrogens is 4. The Hall–Kier alpha value is -8.29. The zero-order valence-electron chi connectivity index (χ0n) is 42.4. The third-order valence-corrected chi connectivity index (χ3v) is 13.8. The number of thiazole rings is 1. The maximum Gasteiger partial charge on any atom is 0.271 e. The molecule has 7 aromatic rings. The molecular weight excluding hydrogens is 971 g/mol. The molecule has 8 N–H and O–H groups in total. The summed E-state index contributed by atoms with van der Waals surface area (Å²) < 4.78 is 0. The molecule has 388 valence electrons. The number of H-pyrrole nitrogens is 1. The average Bonchev–Trinajstić information content (AvgIpc) is 4.17. The van der Waals surface area contributed by atoms with Crippen molar-refractivity contribution in [2.24, 2.45) is 5.41 Å². The van der Waals surface area contributed by atoms with E-state index in [0.29, 0.717) is 59.1 Å². The van der Waals surface area contributed by atoms with E-state index in [4.69, 9.17) is 0 Å². The summed E-state index contributed by atoms with van der Waals surface area (Å²) in [7, 11) is 0. The molecule has 19 heteroatoms. The molecule has 0 saturated carbocycles. The van der Waals surface area contributed by atoms with Crippen LogP contribution in [0.5, 0.6) is 0 Å². The Morgan fingerprint density at radius 3 is 2.20 bits per heavy atom. The van der Waals surface area contributed by atoms with E-state index >= 15 is 0 Å². The van der Waals surface area contributed by atoms with Gasteiger partial charge in [-0.3, -0.25) is 28.8 Å². The number of nitrogens with zero attached hydrogens (tertiary/aromatic N) is 4. The van der Waals surface area contributed by atoms with Crippen LogP contribution in [0.4, 0.5) is 17.2 Å². The van der Waals surface area contributed by atoms with Gasteiger partial charge in [0.25, 0.3) is 17.7 Å². The number of para-hydroxylation sites is 1. The van der Waals surface area contributed by atoms with Gasteiger partial charge in [0, 0.05) is 84.2 Å². The molecule has 18 nitrogen and oxygen atoms in total. The SMILES string of the molecule is CC(=O)NC(C(=O)N1CC(O)CC1C(=O)NC(C)c1ccc(-c2scnc2C(=O)NCCCCCNC(=O)c2ccc(C(=O)Nc3cccc(Nc4cc(-c5c[nH]c6ccccc56)ncn4)c3)cc2)cc1)C(C)(C)C. The summed E-state index contributed by atoms with van der Waals surface area (Å²) in [5.41, 5.74) is 7.75. The van der Waals surface area contributed by atoms with Gasteiger partial charge in [-0.1, -0.05) is 69.3 Å². The third-order valence-electron chi connectivity index (χ3n) is 12.9. The van der Waals surface area contributed by atoms with Crippen LogP contribution in [0.15, 0.2) is 121 Å². The minimum absolute atomic E-state index is 0.0133. The summed E-state index contributed by atoms with van der Waals surface area (Å²) in [5.74, 6) is -1.47. The van der Waals surface area contributed by atoms with Crippen molar-refractivity contribution in [3.63, 3.8) is 0 Å². The van der Waals surface area contributed by atoms with E-state index in [2.05, 4.69) is 51.8 Å². The molecule has 0 bridgehead atoms. The van der Waals surface area contributed by atoms with Crippen LogP contribution < -0.4 is 31.9 Å². The van der Waals surface area contributed by atoms with Gasteiger partial charge < -0.3 is 46.9 Å². The maximum absolute atomic E-state index is 13.6. The molecule has 1 fully saturated rings. The first-order chi connectivity index (χ1) is 36.0. The largest absolute Gasteiger partial charge is 0.391 e. The molecule has 3 aromatic heterocycles. The van der Waals surface area contributed by atoms with Crippen molar-refractivity contribution in [2.75, 3.05) is 30.3 Å². The zero-order chi connectivity index (χ0) is 53.2. The molecule has 0 aliphatic carbocycles. The van der Waals surface area contributed by atoms with Gasteiger partial charge in [0.15, 0.2) is 0 Å². The Morgan fingerprint density at radius 2 is 1.48 bits per heavy atom. The van der Waals surface area contributed by atoms with E-state index in [9.17, 15) is 33.9 Å². The van der Waals surface area contributed by atoms with E-state index in [1.165, 1.54) is 29.5 Å². The van der Waals surface area contributed by atoms with E-state index in [1.807, 2.05) is 107 Å². The number of carbonyl (C=O) groups excluding carboxylic acids is 6. The lowest BCUT2D eigenvalue weighted by Crippen LogP contribution is -2.57. The number of aliphatic hydroxyl groups excluding tert-OH is 1. The second-order valence-electron chi connectivity index (χ2n) is 19.6. The molecule has 0 radical (unpaired) electrons. The molecule has 4 unspecified atom stereocenters. The van der Waals surface area contributed by atoms with Crippen LogP contribution in [-0.4, -0.2) is 103 Å². The van der Waals surface area contributed by atoms with Crippen LogP contribution in [0.3, 0.4) is 0 Å². The summed E-state index contributed by atoms with van der Waals surface area (Å²) in [5, 5.41) is 29.3. The Bertz CT molecular complexity index is 3190. The van der Waals surface area contributed by atoms with E-state index in [1.54, 1.807) is 35.8 Å². The number of aliphatic hydroxyl groups is 1. The number of amides is 6. The van der Waals surface area contributed by atoms with Crippen molar-refractivity contribution in [2.45, 2.75) is 84.5 Å². The molecule has 75 heavy (non-hydrogen) atoms. The van der Waals surface area contributed by atoms with Gasteiger partial charge in [-0.15, -0.1) is 11.3 Å². The Balaban J connectivity index is 0.740. The summed E-state index contributed by atoms with van der Waals surface area (Å²) in [6, 6.07) is 28.9. The van der Waals surface area contributed by atoms with Crippen LogP contribution in [-0.2, 0) is 14.4 Å². The number of hydrogen-bond donors (Lipinski definition) is 8. The van der Waals surface area contributed by atoms with Gasteiger partial charge in [0.05, 0.1) is 28.2 Å². The molecule has 4 atom stereocenters. The smallest absolute Gasteiger partial charge is 0.271 e. The molecule has 6 amide bonds. The average molecular weight is 1030 g/mol. The molecular formula is C56H61N11O7S. The number of rotatable bonds is 19. The minimum Gasteiger partial charge on any atom is -0.391 e. The molecule has 1 saturated heterocycles. The van der Waals surface area contributed by atoms with Crippen molar-refractivity contribution in [1.82, 2.24) is 46.1 Å². The Labute approximate surface area is 438 Å². The highest BCUT2D eigenvalue weighted by atomic mass is 32.1. The van der Waals surface area contributed by atoms with E-state index in [0.717, 1.165) is 45.4 Å². The summed E-state index contributed by atoms with van der Waals surface area (Å²) in [6.45, 7) is 9.50. The number of fused-ring (bicyclic) bond motifs is 1. The van der Waals surface area contributed by atoms with Crippen molar-refractivity contribution in [3.8, 4) is 21.7 Å². The lowest BCUT2D eigenvalue weighted by Gasteiger charge is -2.35. The standard InChI is InChI=1S/C56H61N11O7S/c1-33(63-53(72)46-27-41(69)30-67(46)55(74)50(56(3,4)5)64-34(2)68)35-16-18-36(19-17-35)49-48(62-32-75-49)54(73)58-25-10-6-9-24-57-51(70)37-20-22-38(23-21-37)52(71)66-40-13-11-12-39(26-40)65-47-28-45(60-31-61-47)43-29-59-44-15-8-7-14-42(43)44/h7-8,11-23,26,28-29,31-33,41,46,50,59,69H,6,9-10,24-25,27,30H2,1-5H3,(H,57,70)(H,58,73)(H,63,72)(H,64,68)(H,66,71)(H,60,61,65). The molecule has 4 aromatic carbocycles. The summed E-state index contributed by atoms with van der Waals surface area (Å²) in [4.78, 5) is 97.0. The first-order valence-electron chi connectivity index (χ1n) is 24.9. The van der Waals surface area contributed by atoms with Gasteiger partial charge >= 0.3 is 0 Å². The van der Waals surface area contributed by atoms with Gasteiger partial charge in [0.1, 0.15) is 29.9 Å². The highest BCUT2D eigenvalue weighted by Gasteiger charge is 2.44. The lowest BCUT2D eigenvalue weighted by molar-refractivity contribution is -0.144. The number of nitrogens with one attached hydrogen (secondary N) is 7. The molecule has 0 spiro atoms. The third kappa shape index (κ3) is 13.3. The van der Waals surface area contributed by atoms with Crippen LogP contribution in [0.2, 0.25) is 0 Å². The number of hydrogen-bond acceptors (Lipinski definition) is 12. The van der Waals surface area contributed by atoms with Crippen molar-refractivity contribution >= 4 is 74.9 Å². The molecule has 8 rings (SSSR count). The monoisotopic (exact) mass is 1030 g/mol. The molecule has 4 heterocycles. The predicted octanol–water partition coefficient (Wildman–Crippen LogP) is 7.76. The van der Waals surface area contributed by atoms with Crippen LogP contribution in [0, 0.1) is 5.41 Å². The van der Waals surface area contributed by atoms with Gasteiger partial charge in [0.2, 0.25) is 17.7 Å². The number of benzene rings is 4. The highest BCUT2D eigenvalue weighted by molar-refractivity contribution is 7.13. The molecule has 1 aliphatic rings. The van der Waals surface area contributed by atoms with E-state index < -0.39 is 41.5 Å². The quantitative estimate of drug-likeness (QED) is 0.0363. The van der Waals surface area contributed by atoms with Gasteiger partial charge in [-0.25, -0.2) is 15.0 Å². The van der Waals surface area contributed by atoms with Gasteiger partial charge in [-0.2, -0.15) is 0 Å². The fourth-order valence-corrected chi connectivity index (χ4v) is 9.72. The van der Waals surface area contributed by atoms with Crippen LogP contribution >= 0.6 is 11.3 Å². The topological polar surface area (TPSA) is 253 Å². The predicted molar refractivity (Wildman–Crippen MR) is 289 cm³/mol.